The third-order valence-corrected chi connectivity index (χ3v) is 3.71. The zero-order valence-corrected chi connectivity index (χ0v) is 13.5. The number of anilines is 2. The molecule has 0 saturated heterocycles. The summed E-state index contributed by atoms with van der Waals surface area (Å²) in [6.45, 7) is 1.10. The normalized spacial score (nSPS) is 10.5. The van der Waals surface area contributed by atoms with Crippen LogP contribution in [0.25, 0.3) is 0 Å². The number of hydrogen-bond donors (Lipinski definition) is 2. The maximum absolute atomic E-state index is 13.6. The molecule has 0 fully saturated rings. The topological polar surface area (TPSA) is 49.8 Å². The van der Waals surface area contributed by atoms with E-state index in [2.05, 4.69) is 20.6 Å². The van der Waals surface area contributed by atoms with Crippen LogP contribution in [0.5, 0.6) is 0 Å². The largest absolute Gasteiger partial charge is 0.370 e. The van der Waals surface area contributed by atoms with Gasteiger partial charge >= 0.3 is 0 Å². The molecule has 0 aliphatic carbocycles. The van der Waals surface area contributed by atoms with Crippen molar-refractivity contribution in [3.05, 3.63) is 83.7 Å². The lowest BCUT2D eigenvalue weighted by Gasteiger charge is -2.09. The van der Waals surface area contributed by atoms with Crippen molar-refractivity contribution in [1.29, 1.82) is 0 Å². The molecule has 0 spiro atoms. The van der Waals surface area contributed by atoms with Crippen molar-refractivity contribution in [2.45, 2.75) is 13.0 Å². The highest BCUT2D eigenvalue weighted by Crippen LogP contribution is 2.12. The fraction of sp³-hybridized carbons (Fsp3) is 0.158. The fourth-order valence-corrected chi connectivity index (χ4v) is 2.37. The summed E-state index contributed by atoms with van der Waals surface area (Å²) in [5.74, 6) is 0.862. The van der Waals surface area contributed by atoms with E-state index in [-0.39, 0.29) is 11.6 Å². The zero-order chi connectivity index (χ0) is 17.5. The smallest absolute Gasteiger partial charge is 0.131 e. The number of nitrogens with zero attached hydrogens (tertiary/aromatic N) is 2. The van der Waals surface area contributed by atoms with Gasteiger partial charge in [0.15, 0.2) is 0 Å². The van der Waals surface area contributed by atoms with Crippen LogP contribution in [0.2, 0.25) is 0 Å². The summed E-state index contributed by atoms with van der Waals surface area (Å²) in [7, 11) is 0. The molecule has 2 N–H and O–H groups in total. The van der Waals surface area contributed by atoms with Crippen molar-refractivity contribution >= 4 is 11.6 Å². The number of nitrogens with one attached hydrogen (secondary N) is 2. The third-order valence-electron chi connectivity index (χ3n) is 3.71. The molecular formula is C19H18F2N4. The van der Waals surface area contributed by atoms with Gasteiger partial charge in [-0.25, -0.2) is 18.7 Å². The standard InChI is InChI=1S/C19H18F2N4/c20-16-7-5-14(6-8-16)12-23-19-11-18(24-13-25-19)22-10-9-15-3-1-2-4-17(15)21/h1-8,11,13H,9-10,12H2,(H2,22,23,24,25). The average Bonchev–Trinajstić information content (AvgIpc) is 2.63. The number of rotatable bonds is 7. The molecule has 0 radical (unpaired) electrons. The van der Waals surface area contributed by atoms with Gasteiger partial charge < -0.3 is 10.6 Å². The molecule has 2 aromatic carbocycles. The second-order valence-electron chi connectivity index (χ2n) is 5.54. The van der Waals surface area contributed by atoms with Crippen molar-refractivity contribution in [2.24, 2.45) is 0 Å². The van der Waals surface area contributed by atoms with Gasteiger partial charge in [0.25, 0.3) is 0 Å². The number of hydrogen-bond acceptors (Lipinski definition) is 4. The van der Waals surface area contributed by atoms with Crippen molar-refractivity contribution in [2.75, 3.05) is 17.2 Å². The molecule has 0 unspecified atom stereocenters. The van der Waals surface area contributed by atoms with Gasteiger partial charge in [0.1, 0.15) is 29.6 Å². The number of halogens is 2. The minimum atomic E-state index is -0.257. The van der Waals surface area contributed by atoms with E-state index >= 15 is 0 Å². The van der Waals surface area contributed by atoms with Crippen LogP contribution in [0.4, 0.5) is 20.4 Å². The molecule has 3 rings (SSSR count). The van der Waals surface area contributed by atoms with Gasteiger partial charge in [0.05, 0.1) is 0 Å². The van der Waals surface area contributed by atoms with Gasteiger partial charge in [-0.05, 0) is 35.7 Å². The summed E-state index contributed by atoms with van der Waals surface area (Å²) in [4.78, 5) is 8.31. The molecule has 0 aliphatic rings. The highest BCUT2D eigenvalue weighted by molar-refractivity contribution is 5.46. The van der Waals surface area contributed by atoms with Gasteiger partial charge in [-0.3, -0.25) is 0 Å². The first kappa shape index (κ1) is 16.8. The monoisotopic (exact) mass is 340 g/mol. The van der Waals surface area contributed by atoms with E-state index in [1.165, 1.54) is 24.5 Å². The Balaban J connectivity index is 1.52. The molecule has 6 heteroatoms. The quantitative estimate of drug-likeness (QED) is 0.682. The highest BCUT2D eigenvalue weighted by atomic mass is 19.1. The van der Waals surface area contributed by atoms with Gasteiger partial charge in [-0.15, -0.1) is 0 Å². The number of aromatic nitrogens is 2. The lowest BCUT2D eigenvalue weighted by Crippen LogP contribution is -2.08. The van der Waals surface area contributed by atoms with Crippen molar-refractivity contribution in [1.82, 2.24) is 9.97 Å². The molecule has 1 aromatic heterocycles. The third kappa shape index (κ3) is 4.97. The zero-order valence-electron chi connectivity index (χ0n) is 13.5. The number of benzene rings is 2. The van der Waals surface area contributed by atoms with Crippen molar-refractivity contribution < 1.29 is 8.78 Å². The predicted molar refractivity (Wildman–Crippen MR) is 94.4 cm³/mol. The van der Waals surface area contributed by atoms with Gasteiger partial charge in [0.2, 0.25) is 0 Å². The minimum absolute atomic E-state index is 0.200. The molecule has 3 aromatic rings. The van der Waals surface area contributed by atoms with E-state index in [9.17, 15) is 8.78 Å². The first-order valence-corrected chi connectivity index (χ1v) is 7.98. The van der Waals surface area contributed by atoms with E-state index in [1.807, 2.05) is 6.07 Å². The molecule has 0 amide bonds. The molecule has 128 valence electrons. The van der Waals surface area contributed by atoms with Crippen LogP contribution < -0.4 is 10.6 Å². The van der Waals surface area contributed by atoms with E-state index < -0.39 is 0 Å². The summed E-state index contributed by atoms with van der Waals surface area (Å²) in [6.07, 6.45) is 2.02. The van der Waals surface area contributed by atoms with Crippen LogP contribution in [0.3, 0.4) is 0 Å². The lowest BCUT2D eigenvalue weighted by molar-refractivity contribution is 0.610. The Bertz CT molecular complexity index is 822. The van der Waals surface area contributed by atoms with Gasteiger partial charge in [0, 0.05) is 19.2 Å². The Kier molecular flexibility index (Phi) is 5.51. The van der Waals surface area contributed by atoms with Crippen molar-refractivity contribution in [3.8, 4) is 0 Å². The van der Waals surface area contributed by atoms with E-state index in [4.69, 9.17) is 0 Å². The second-order valence-corrected chi connectivity index (χ2v) is 5.54. The fourth-order valence-electron chi connectivity index (χ4n) is 2.37. The Morgan fingerprint density at radius 2 is 1.56 bits per heavy atom. The molecule has 0 atom stereocenters. The molecule has 25 heavy (non-hydrogen) atoms. The molecule has 1 heterocycles. The second kappa shape index (κ2) is 8.19. The van der Waals surface area contributed by atoms with E-state index in [0.717, 1.165) is 5.56 Å². The molecule has 0 aliphatic heterocycles. The molecule has 4 nitrogen and oxygen atoms in total. The minimum Gasteiger partial charge on any atom is -0.370 e. The maximum atomic E-state index is 13.6. The van der Waals surface area contributed by atoms with Crippen LogP contribution in [-0.2, 0) is 13.0 Å². The predicted octanol–water partition coefficient (Wildman–Crippen LogP) is 4.02. The van der Waals surface area contributed by atoms with Crippen LogP contribution in [0, 0.1) is 11.6 Å². The molecule has 0 saturated carbocycles. The van der Waals surface area contributed by atoms with Gasteiger partial charge in [-0.2, -0.15) is 0 Å². The van der Waals surface area contributed by atoms with Crippen LogP contribution in [0.1, 0.15) is 11.1 Å². The SMILES string of the molecule is Fc1ccc(CNc2cc(NCCc3ccccc3F)ncn2)cc1. The first-order valence-electron chi connectivity index (χ1n) is 7.98. The van der Waals surface area contributed by atoms with Crippen LogP contribution in [0.15, 0.2) is 60.9 Å². The summed E-state index contributed by atoms with van der Waals surface area (Å²) < 4.78 is 26.5. The first-order chi connectivity index (χ1) is 12.2. The maximum Gasteiger partial charge on any atom is 0.131 e. The average molecular weight is 340 g/mol. The summed E-state index contributed by atoms with van der Waals surface area (Å²) in [5.41, 5.74) is 1.62. The van der Waals surface area contributed by atoms with E-state index in [1.54, 1.807) is 30.3 Å². The van der Waals surface area contributed by atoms with Crippen LogP contribution >= 0.6 is 0 Å². The Hall–Kier alpha value is -3.02. The molecule has 0 bridgehead atoms. The van der Waals surface area contributed by atoms with Crippen LogP contribution in [-0.4, -0.2) is 16.5 Å². The molecular weight excluding hydrogens is 322 g/mol. The van der Waals surface area contributed by atoms with Gasteiger partial charge in [-0.1, -0.05) is 30.3 Å². The van der Waals surface area contributed by atoms with Crippen molar-refractivity contribution in [3.63, 3.8) is 0 Å². The lowest BCUT2D eigenvalue weighted by atomic mass is 10.1. The summed E-state index contributed by atoms with van der Waals surface area (Å²) >= 11 is 0. The summed E-state index contributed by atoms with van der Waals surface area (Å²) in [6, 6.07) is 14.8. The summed E-state index contributed by atoms with van der Waals surface area (Å²) in [5, 5.41) is 6.32. The Labute approximate surface area is 145 Å². The highest BCUT2D eigenvalue weighted by Gasteiger charge is 2.02. The van der Waals surface area contributed by atoms with E-state index in [0.29, 0.717) is 36.7 Å². The Morgan fingerprint density at radius 3 is 2.32 bits per heavy atom. The Morgan fingerprint density at radius 1 is 0.840 bits per heavy atom.